The second kappa shape index (κ2) is 7.00. The second-order valence-electron chi connectivity index (χ2n) is 5.57. The number of nitrogens with two attached hydrogens (primary N) is 1. The fraction of sp³-hybridized carbons (Fsp3) is 0.294. The number of hydrogen-bond donors (Lipinski definition) is 2. The number of primary amides is 1. The molecule has 0 spiro atoms. The van der Waals surface area contributed by atoms with Crippen LogP contribution in [0.25, 0.3) is 0 Å². The van der Waals surface area contributed by atoms with Crippen LogP contribution in [0.15, 0.2) is 24.3 Å². The van der Waals surface area contributed by atoms with Crippen LogP contribution >= 0.6 is 33.9 Å². The van der Waals surface area contributed by atoms with Gasteiger partial charge in [0.05, 0.1) is 11.1 Å². The van der Waals surface area contributed by atoms with Crippen LogP contribution in [0.1, 0.15) is 50.4 Å². The summed E-state index contributed by atoms with van der Waals surface area (Å²) in [4.78, 5) is 25.6. The molecule has 1 aliphatic rings. The van der Waals surface area contributed by atoms with Gasteiger partial charge in [-0.1, -0.05) is 18.6 Å². The summed E-state index contributed by atoms with van der Waals surface area (Å²) < 4.78 is 0.876. The van der Waals surface area contributed by atoms with Gasteiger partial charge in [0.15, 0.2) is 0 Å². The van der Waals surface area contributed by atoms with E-state index in [1.807, 2.05) is 18.2 Å². The van der Waals surface area contributed by atoms with Gasteiger partial charge >= 0.3 is 0 Å². The summed E-state index contributed by atoms with van der Waals surface area (Å²) in [6, 6.07) is 7.38. The summed E-state index contributed by atoms with van der Waals surface area (Å²) in [5, 5.41) is 3.49. The van der Waals surface area contributed by atoms with Gasteiger partial charge in [0.25, 0.3) is 11.8 Å². The summed E-state index contributed by atoms with van der Waals surface area (Å²) in [5.74, 6) is -0.656. The summed E-state index contributed by atoms with van der Waals surface area (Å²) in [6.45, 7) is 0. The predicted molar refractivity (Wildman–Crippen MR) is 101 cm³/mol. The van der Waals surface area contributed by atoms with Crippen LogP contribution < -0.4 is 11.1 Å². The Labute approximate surface area is 152 Å². The van der Waals surface area contributed by atoms with Crippen molar-refractivity contribution in [2.45, 2.75) is 32.1 Å². The van der Waals surface area contributed by atoms with E-state index in [9.17, 15) is 9.59 Å². The smallest absolute Gasteiger partial charge is 0.257 e. The van der Waals surface area contributed by atoms with Crippen molar-refractivity contribution in [2.24, 2.45) is 5.73 Å². The highest BCUT2D eigenvalue weighted by Gasteiger charge is 2.24. The van der Waals surface area contributed by atoms with E-state index in [1.54, 1.807) is 6.07 Å². The van der Waals surface area contributed by atoms with Gasteiger partial charge in [0.2, 0.25) is 0 Å². The average Bonchev–Trinajstić information content (AvgIpc) is 2.69. The Bertz CT molecular complexity index is 770. The molecule has 4 nitrogen and oxygen atoms in total. The Morgan fingerprint density at radius 3 is 2.61 bits per heavy atom. The molecule has 1 heterocycles. The highest BCUT2D eigenvalue weighted by atomic mass is 127. The van der Waals surface area contributed by atoms with Crippen LogP contribution in [0, 0.1) is 3.57 Å². The number of hydrogen-bond acceptors (Lipinski definition) is 3. The monoisotopic (exact) mass is 440 g/mol. The first-order chi connectivity index (χ1) is 11.1. The first-order valence-electron chi connectivity index (χ1n) is 7.58. The third-order valence-electron chi connectivity index (χ3n) is 4.01. The van der Waals surface area contributed by atoms with Crippen LogP contribution in [0.5, 0.6) is 0 Å². The quantitative estimate of drug-likeness (QED) is 0.560. The third-order valence-corrected chi connectivity index (χ3v) is 6.16. The first-order valence-corrected chi connectivity index (χ1v) is 9.47. The average molecular weight is 440 g/mol. The predicted octanol–water partition coefficient (Wildman–Crippen LogP) is 3.97. The molecule has 1 aromatic heterocycles. The molecular formula is C17H17IN2O2S. The Kier molecular flexibility index (Phi) is 5.01. The molecule has 3 N–H and O–H groups in total. The van der Waals surface area contributed by atoms with Crippen LogP contribution in [0.4, 0.5) is 5.00 Å². The van der Waals surface area contributed by atoms with Crippen molar-refractivity contribution in [3.05, 3.63) is 49.4 Å². The highest BCUT2D eigenvalue weighted by Crippen LogP contribution is 2.37. The Morgan fingerprint density at radius 1 is 1.13 bits per heavy atom. The van der Waals surface area contributed by atoms with E-state index in [-0.39, 0.29) is 5.91 Å². The van der Waals surface area contributed by atoms with E-state index < -0.39 is 5.91 Å². The maximum absolute atomic E-state index is 12.5. The van der Waals surface area contributed by atoms with Gasteiger partial charge in [-0.2, -0.15) is 0 Å². The molecule has 23 heavy (non-hydrogen) atoms. The molecule has 120 valence electrons. The number of carbonyl (C=O) groups excluding carboxylic acids is 2. The minimum atomic E-state index is -0.456. The molecule has 0 unspecified atom stereocenters. The van der Waals surface area contributed by atoms with E-state index in [1.165, 1.54) is 22.6 Å². The third kappa shape index (κ3) is 3.42. The minimum absolute atomic E-state index is 0.200. The van der Waals surface area contributed by atoms with E-state index in [0.29, 0.717) is 16.1 Å². The van der Waals surface area contributed by atoms with E-state index in [2.05, 4.69) is 27.9 Å². The number of rotatable bonds is 3. The molecule has 0 radical (unpaired) electrons. The van der Waals surface area contributed by atoms with Gasteiger partial charge in [0, 0.05) is 8.45 Å². The minimum Gasteiger partial charge on any atom is -0.365 e. The summed E-state index contributed by atoms with van der Waals surface area (Å²) >= 11 is 3.63. The molecule has 2 amide bonds. The van der Waals surface area contributed by atoms with Crippen LogP contribution in [-0.2, 0) is 12.8 Å². The number of halogens is 1. The van der Waals surface area contributed by atoms with Crippen molar-refractivity contribution in [1.82, 2.24) is 0 Å². The van der Waals surface area contributed by atoms with Gasteiger partial charge in [0.1, 0.15) is 5.00 Å². The van der Waals surface area contributed by atoms with Crippen molar-refractivity contribution in [2.75, 3.05) is 5.32 Å². The van der Waals surface area contributed by atoms with Crippen LogP contribution in [0.3, 0.4) is 0 Å². The molecule has 0 fully saturated rings. The number of nitrogens with one attached hydrogen (secondary N) is 1. The fourth-order valence-electron chi connectivity index (χ4n) is 2.91. The lowest BCUT2D eigenvalue weighted by Gasteiger charge is -2.07. The molecule has 6 heteroatoms. The zero-order valence-electron chi connectivity index (χ0n) is 12.5. The normalized spacial score (nSPS) is 14.0. The molecule has 3 rings (SSSR count). The van der Waals surface area contributed by atoms with Crippen molar-refractivity contribution in [3.8, 4) is 0 Å². The lowest BCUT2D eigenvalue weighted by atomic mass is 10.1. The Balaban J connectivity index is 1.95. The van der Waals surface area contributed by atoms with Gasteiger partial charge in [-0.15, -0.1) is 11.3 Å². The number of aryl methyl sites for hydroxylation is 1. The number of carbonyl (C=O) groups is 2. The van der Waals surface area contributed by atoms with Gasteiger partial charge in [-0.25, -0.2) is 0 Å². The zero-order chi connectivity index (χ0) is 16.4. The standard InChI is InChI=1S/C17H17IN2O2S/c18-12-8-5-4-6-10(12)16(22)20-17-14(15(19)21)11-7-2-1-3-9-13(11)23-17/h4-6,8H,1-3,7,9H2,(H2,19,21)(H,20,22). The second-order valence-corrected chi connectivity index (χ2v) is 7.83. The van der Waals surface area contributed by atoms with Crippen LogP contribution in [-0.4, -0.2) is 11.8 Å². The SMILES string of the molecule is NC(=O)c1c(NC(=O)c2ccccc2I)sc2c1CCCCC2. The molecular weight excluding hydrogens is 423 g/mol. The fourth-order valence-corrected chi connectivity index (χ4v) is 4.83. The summed E-state index contributed by atoms with van der Waals surface area (Å²) in [6.07, 6.45) is 5.18. The van der Waals surface area contributed by atoms with E-state index in [4.69, 9.17) is 5.73 Å². The number of amides is 2. The Morgan fingerprint density at radius 2 is 1.87 bits per heavy atom. The first kappa shape index (κ1) is 16.4. The number of anilines is 1. The van der Waals surface area contributed by atoms with Gasteiger partial charge < -0.3 is 11.1 Å². The highest BCUT2D eigenvalue weighted by molar-refractivity contribution is 14.1. The maximum atomic E-state index is 12.5. The van der Waals surface area contributed by atoms with E-state index >= 15 is 0 Å². The molecule has 0 bridgehead atoms. The van der Waals surface area contributed by atoms with Crippen molar-refractivity contribution in [1.29, 1.82) is 0 Å². The van der Waals surface area contributed by atoms with Crippen molar-refractivity contribution >= 4 is 50.7 Å². The molecule has 0 atom stereocenters. The number of fused-ring (bicyclic) bond motifs is 1. The van der Waals surface area contributed by atoms with Crippen molar-refractivity contribution < 1.29 is 9.59 Å². The molecule has 2 aromatic rings. The number of benzene rings is 1. The van der Waals surface area contributed by atoms with Crippen molar-refractivity contribution in [3.63, 3.8) is 0 Å². The molecule has 0 saturated carbocycles. The van der Waals surface area contributed by atoms with Gasteiger partial charge in [-0.05, 0) is 66.0 Å². The Hall–Kier alpha value is -1.41. The largest absolute Gasteiger partial charge is 0.365 e. The lowest BCUT2D eigenvalue weighted by molar-refractivity contribution is 0.100. The molecule has 1 aliphatic carbocycles. The van der Waals surface area contributed by atoms with Crippen LogP contribution in [0.2, 0.25) is 0 Å². The molecule has 1 aromatic carbocycles. The maximum Gasteiger partial charge on any atom is 0.257 e. The lowest BCUT2D eigenvalue weighted by Crippen LogP contribution is -2.18. The summed E-state index contributed by atoms with van der Waals surface area (Å²) in [5.41, 5.74) is 7.74. The van der Waals surface area contributed by atoms with E-state index in [0.717, 1.165) is 34.8 Å². The summed E-state index contributed by atoms with van der Waals surface area (Å²) in [7, 11) is 0. The molecule has 0 saturated heterocycles. The van der Waals surface area contributed by atoms with Gasteiger partial charge in [-0.3, -0.25) is 9.59 Å². The zero-order valence-corrected chi connectivity index (χ0v) is 15.5. The molecule has 0 aliphatic heterocycles. The number of thiophene rings is 1. The topological polar surface area (TPSA) is 72.2 Å².